The van der Waals surface area contributed by atoms with Crippen LogP contribution in [0.2, 0.25) is 0 Å². The number of aryl methyl sites for hydroxylation is 1. The Morgan fingerprint density at radius 2 is 1.70 bits per heavy atom. The summed E-state index contributed by atoms with van der Waals surface area (Å²) in [5, 5.41) is 27.5. The Kier molecular flexibility index (Phi) is 10.5. The van der Waals surface area contributed by atoms with Crippen molar-refractivity contribution in [2.75, 3.05) is 23.0 Å². The van der Waals surface area contributed by atoms with E-state index < -0.39 is 42.2 Å². The first kappa shape index (κ1) is 34.1. The fourth-order valence-corrected chi connectivity index (χ4v) is 4.97. The minimum absolute atomic E-state index is 0.176. The first-order valence-corrected chi connectivity index (χ1v) is 14.2. The standard InChI is InChI=1S/C31H30N4O5.C2HF3O2/c1-18-14-22-9-8-19(18)12-13-40-31(39)34-23-6-2-5-21(16-23)27(17-28(36)37)35-30(38)29(22)33-24-10-11-25-20(15-24)4-3-7-26(25)32;3-2(4,5)1(6)7/h2-11,14-16,27,29,33H,12-13,17,32H2,1H3,(H,34,39)(H,35,38)(H,36,37);(H,6,7)/t27-,29?;/m0./s1. The van der Waals surface area contributed by atoms with E-state index in [1.807, 2.05) is 61.5 Å². The first-order valence-electron chi connectivity index (χ1n) is 14.2. The predicted octanol–water partition coefficient (Wildman–Crippen LogP) is 5.95. The third-order valence-electron chi connectivity index (χ3n) is 7.27. The Morgan fingerprint density at radius 1 is 0.979 bits per heavy atom. The summed E-state index contributed by atoms with van der Waals surface area (Å²) in [7, 11) is 0. The highest BCUT2D eigenvalue weighted by Crippen LogP contribution is 2.29. The van der Waals surface area contributed by atoms with Gasteiger partial charge in [0, 0.05) is 28.9 Å². The molecule has 11 nitrogen and oxygen atoms in total. The Labute approximate surface area is 266 Å². The number of carbonyl (C=O) groups excluding carboxylic acids is 2. The molecule has 47 heavy (non-hydrogen) atoms. The quantitative estimate of drug-likeness (QED) is 0.145. The first-order chi connectivity index (χ1) is 22.2. The number of amides is 2. The summed E-state index contributed by atoms with van der Waals surface area (Å²) in [5.41, 5.74) is 11.1. The van der Waals surface area contributed by atoms with E-state index >= 15 is 0 Å². The lowest BCUT2D eigenvalue weighted by Gasteiger charge is -2.25. The van der Waals surface area contributed by atoms with Gasteiger partial charge >= 0.3 is 24.2 Å². The fourth-order valence-electron chi connectivity index (χ4n) is 4.97. The minimum atomic E-state index is -5.08. The third kappa shape index (κ3) is 9.12. The zero-order valence-electron chi connectivity index (χ0n) is 24.9. The van der Waals surface area contributed by atoms with Crippen LogP contribution in [0.3, 0.4) is 0 Å². The second-order valence-electron chi connectivity index (χ2n) is 10.6. The summed E-state index contributed by atoms with van der Waals surface area (Å²) in [6.45, 7) is 2.11. The van der Waals surface area contributed by atoms with Gasteiger partial charge in [0.2, 0.25) is 5.91 Å². The number of halogens is 3. The highest BCUT2D eigenvalue weighted by molar-refractivity contribution is 5.95. The molecule has 2 heterocycles. The molecule has 1 unspecified atom stereocenters. The van der Waals surface area contributed by atoms with Gasteiger partial charge in [-0.25, -0.2) is 9.59 Å². The van der Waals surface area contributed by atoms with Crippen LogP contribution in [-0.2, 0) is 25.5 Å². The zero-order valence-corrected chi connectivity index (χ0v) is 24.9. The maximum atomic E-state index is 13.9. The highest BCUT2D eigenvalue weighted by Gasteiger charge is 2.38. The van der Waals surface area contributed by atoms with Crippen LogP contribution in [0.4, 0.5) is 35.0 Å². The number of carboxylic acid groups (broad SMARTS) is 2. The van der Waals surface area contributed by atoms with Crippen molar-refractivity contribution in [1.29, 1.82) is 0 Å². The van der Waals surface area contributed by atoms with Gasteiger partial charge in [-0.15, -0.1) is 0 Å². The van der Waals surface area contributed by atoms with Crippen LogP contribution in [0.25, 0.3) is 10.8 Å². The monoisotopic (exact) mass is 652 g/mol. The van der Waals surface area contributed by atoms with E-state index in [4.69, 9.17) is 20.4 Å². The number of carboxylic acids is 2. The maximum Gasteiger partial charge on any atom is 0.490 e. The number of nitrogens with two attached hydrogens (primary N) is 1. The molecule has 0 spiro atoms. The van der Waals surface area contributed by atoms with Crippen LogP contribution in [0.1, 0.15) is 40.8 Å². The fraction of sp³-hybridized carbons (Fsp3) is 0.212. The number of nitrogen functional groups attached to an aromatic ring is 1. The van der Waals surface area contributed by atoms with Gasteiger partial charge in [0.05, 0.1) is 19.1 Å². The summed E-state index contributed by atoms with van der Waals surface area (Å²) in [6, 6.07) is 22.1. The minimum Gasteiger partial charge on any atom is -0.481 e. The van der Waals surface area contributed by atoms with Crippen LogP contribution >= 0.6 is 0 Å². The van der Waals surface area contributed by atoms with Crippen LogP contribution in [-0.4, -0.2) is 46.9 Å². The van der Waals surface area contributed by atoms with Crippen LogP contribution < -0.4 is 21.7 Å². The van der Waals surface area contributed by atoms with E-state index in [0.29, 0.717) is 34.6 Å². The number of ether oxygens (including phenoxy) is 1. The predicted molar refractivity (Wildman–Crippen MR) is 168 cm³/mol. The Bertz CT molecular complexity index is 1810. The average Bonchev–Trinajstić information content (AvgIpc) is 2.99. The number of carbonyl (C=O) groups is 4. The Morgan fingerprint density at radius 3 is 2.38 bits per heavy atom. The van der Waals surface area contributed by atoms with E-state index in [2.05, 4.69) is 16.0 Å². The molecule has 4 aromatic rings. The summed E-state index contributed by atoms with van der Waals surface area (Å²) in [4.78, 5) is 46.9. The maximum absolute atomic E-state index is 13.9. The second kappa shape index (κ2) is 14.5. The molecule has 7 N–H and O–H groups in total. The van der Waals surface area contributed by atoms with Crippen LogP contribution in [0.15, 0.2) is 78.9 Å². The summed E-state index contributed by atoms with van der Waals surface area (Å²) >= 11 is 0. The molecule has 4 bridgehead atoms. The lowest BCUT2D eigenvalue weighted by atomic mass is 9.96. The average molecular weight is 653 g/mol. The number of alkyl halides is 3. The summed E-state index contributed by atoms with van der Waals surface area (Å²) in [5.74, 6) is -4.22. The van der Waals surface area contributed by atoms with Crippen molar-refractivity contribution in [3.05, 3.63) is 101 Å². The van der Waals surface area contributed by atoms with Gasteiger partial charge in [-0.05, 0) is 64.9 Å². The molecule has 2 aliphatic heterocycles. The second-order valence-corrected chi connectivity index (χ2v) is 10.6. The Balaban J connectivity index is 0.000000644. The smallest absolute Gasteiger partial charge is 0.481 e. The lowest BCUT2D eigenvalue weighted by molar-refractivity contribution is -0.192. The zero-order chi connectivity index (χ0) is 34.3. The molecule has 4 aromatic carbocycles. The molecule has 0 aromatic heterocycles. The normalized spacial score (nSPS) is 16.6. The van der Waals surface area contributed by atoms with E-state index in [1.54, 1.807) is 24.3 Å². The molecule has 246 valence electrons. The highest BCUT2D eigenvalue weighted by atomic mass is 19.4. The van der Waals surface area contributed by atoms with Crippen LogP contribution in [0.5, 0.6) is 0 Å². The molecule has 14 heteroatoms. The third-order valence-corrected chi connectivity index (χ3v) is 7.27. The van der Waals surface area contributed by atoms with E-state index in [0.717, 1.165) is 21.9 Å². The molecule has 6 rings (SSSR count). The number of hydrogen-bond donors (Lipinski definition) is 6. The number of benzene rings is 4. The number of nitrogens with one attached hydrogen (secondary N) is 3. The van der Waals surface area contributed by atoms with Gasteiger partial charge in [0.1, 0.15) is 6.04 Å². The van der Waals surface area contributed by atoms with Crippen molar-refractivity contribution in [2.24, 2.45) is 0 Å². The molecule has 2 aliphatic rings. The molecule has 0 radical (unpaired) electrons. The van der Waals surface area contributed by atoms with Crippen molar-refractivity contribution < 1.29 is 47.3 Å². The number of aliphatic carboxylic acids is 2. The largest absolute Gasteiger partial charge is 0.490 e. The lowest BCUT2D eigenvalue weighted by Crippen LogP contribution is -2.37. The van der Waals surface area contributed by atoms with Crippen LogP contribution in [0, 0.1) is 6.92 Å². The van der Waals surface area contributed by atoms with Crippen molar-refractivity contribution in [2.45, 2.75) is 38.0 Å². The molecule has 2 amide bonds. The number of fused-ring (bicyclic) bond motifs is 10. The summed E-state index contributed by atoms with van der Waals surface area (Å²) in [6.07, 6.45) is -5.53. The number of rotatable bonds is 4. The van der Waals surface area contributed by atoms with E-state index in [1.165, 1.54) is 0 Å². The van der Waals surface area contributed by atoms with E-state index in [9.17, 15) is 32.7 Å². The van der Waals surface area contributed by atoms with Crippen molar-refractivity contribution in [1.82, 2.24) is 5.32 Å². The topological polar surface area (TPSA) is 180 Å². The van der Waals surface area contributed by atoms with Crippen molar-refractivity contribution in [3.63, 3.8) is 0 Å². The number of anilines is 3. The molecular weight excluding hydrogens is 621 g/mol. The van der Waals surface area contributed by atoms with Gasteiger partial charge in [0.25, 0.3) is 0 Å². The molecular formula is C33H31F3N4O7. The summed E-state index contributed by atoms with van der Waals surface area (Å²) < 4.78 is 37.1. The SMILES string of the molecule is Cc1cc2ccc1CCOC(=O)Nc1cccc(c1)[C@H](CC(=O)O)NC(=O)C2Nc1ccc2c(N)cccc2c1.O=C(O)C(F)(F)F. The van der Waals surface area contributed by atoms with E-state index in [-0.39, 0.29) is 13.0 Å². The van der Waals surface area contributed by atoms with Gasteiger partial charge in [-0.2, -0.15) is 13.2 Å². The Hall–Kier alpha value is -5.79. The molecule has 0 saturated carbocycles. The molecule has 0 saturated heterocycles. The van der Waals surface area contributed by atoms with Gasteiger partial charge in [0.15, 0.2) is 0 Å². The van der Waals surface area contributed by atoms with Crippen molar-refractivity contribution in [3.8, 4) is 0 Å². The molecule has 0 aliphatic carbocycles. The van der Waals surface area contributed by atoms with Crippen molar-refractivity contribution >= 4 is 51.8 Å². The van der Waals surface area contributed by atoms with Gasteiger partial charge in [-0.1, -0.05) is 48.5 Å². The van der Waals surface area contributed by atoms with Gasteiger partial charge < -0.3 is 31.3 Å². The number of hydrogen-bond acceptors (Lipinski definition) is 7. The molecule has 2 atom stereocenters. The molecule has 0 fully saturated rings. The van der Waals surface area contributed by atoms with Gasteiger partial charge in [-0.3, -0.25) is 14.9 Å².